The first-order chi connectivity index (χ1) is 10.4. The summed E-state index contributed by atoms with van der Waals surface area (Å²) < 4.78 is 37.5. The highest BCUT2D eigenvalue weighted by Gasteiger charge is 2.29. The second-order valence-corrected chi connectivity index (χ2v) is 4.82. The van der Waals surface area contributed by atoms with Crippen molar-refractivity contribution < 1.29 is 18.0 Å². The predicted octanol–water partition coefficient (Wildman–Crippen LogP) is 3.02. The van der Waals surface area contributed by atoms with Crippen molar-refractivity contribution in [3.63, 3.8) is 0 Å². The summed E-state index contributed by atoms with van der Waals surface area (Å²) in [7, 11) is 0. The molecule has 2 aromatic rings. The highest BCUT2D eigenvalue weighted by atomic mass is 19.4. The van der Waals surface area contributed by atoms with Crippen molar-refractivity contribution in [3.8, 4) is 0 Å². The van der Waals surface area contributed by atoms with E-state index in [2.05, 4.69) is 5.32 Å². The molecule has 1 amide bonds. The van der Waals surface area contributed by atoms with Gasteiger partial charge in [0.25, 0.3) is 0 Å². The summed E-state index contributed by atoms with van der Waals surface area (Å²) >= 11 is 0. The Morgan fingerprint density at radius 2 is 1.64 bits per heavy atom. The molecule has 2 rings (SSSR count). The van der Waals surface area contributed by atoms with Gasteiger partial charge in [-0.25, -0.2) is 0 Å². The first-order valence-corrected chi connectivity index (χ1v) is 6.61. The number of benzene rings is 2. The number of hydrogen-bond donors (Lipinski definition) is 2. The highest BCUT2D eigenvalue weighted by molar-refractivity contribution is 5.81. The average molecular weight is 308 g/mol. The van der Waals surface area contributed by atoms with Crippen LogP contribution in [0.1, 0.15) is 22.7 Å². The smallest absolute Gasteiger partial charge is 0.368 e. The molecule has 1 unspecified atom stereocenters. The van der Waals surface area contributed by atoms with Crippen molar-refractivity contribution in [1.82, 2.24) is 5.32 Å². The molecule has 116 valence electrons. The van der Waals surface area contributed by atoms with Gasteiger partial charge in [0.05, 0.1) is 5.56 Å². The van der Waals surface area contributed by atoms with Crippen LogP contribution in [0, 0.1) is 0 Å². The fraction of sp³-hybridized carbons (Fsp3) is 0.188. The van der Waals surface area contributed by atoms with Crippen LogP contribution < -0.4 is 11.1 Å². The van der Waals surface area contributed by atoms with E-state index in [0.29, 0.717) is 11.1 Å². The van der Waals surface area contributed by atoms with Crippen molar-refractivity contribution in [3.05, 3.63) is 71.3 Å². The lowest BCUT2D eigenvalue weighted by Gasteiger charge is -2.16. The van der Waals surface area contributed by atoms with Crippen LogP contribution >= 0.6 is 0 Å². The summed E-state index contributed by atoms with van der Waals surface area (Å²) in [5.74, 6) is -0.543. The molecule has 6 heteroatoms. The Labute approximate surface area is 125 Å². The minimum Gasteiger partial charge on any atom is -0.368 e. The molecule has 3 N–H and O–H groups in total. The van der Waals surface area contributed by atoms with Gasteiger partial charge in [0.15, 0.2) is 0 Å². The second kappa shape index (κ2) is 6.62. The van der Waals surface area contributed by atoms with E-state index in [1.165, 1.54) is 12.1 Å². The summed E-state index contributed by atoms with van der Waals surface area (Å²) in [5.41, 5.74) is 6.01. The topological polar surface area (TPSA) is 55.1 Å². The molecular weight excluding hydrogens is 293 g/mol. The quantitative estimate of drug-likeness (QED) is 0.892. The number of nitrogens with two attached hydrogens (primary N) is 1. The molecule has 3 nitrogen and oxygen atoms in total. The van der Waals surface area contributed by atoms with Crippen molar-refractivity contribution in [1.29, 1.82) is 0 Å². The van der Waals surface area contributed by atoms with Crippen LogP contribution in [-0.4, -0.2) is 5.91 Å². The van der Waals surface area contributed by atoms with Crippen LogP contribution in [0.5, 0.6) is 0 Å². The van der Waals surface area contributed by atoms with E-state index in [9.17, 15) is 18.0 Å². The molecule has 0 aliphatic carbocycles. The molecule has 0 bridgehead atoms. The average Bonchev–Trinajstić information content (AvgIpc) is 2.48. The van der Waals surface area contributed by atoms with E-state index in [4.69, 9.17) is 5.73 Å². The lowest BCUT2D eigenvalue weighted by molar-refractivity contribution is -0.137. The normalized spacial score (nSPS) is 12.9. The van der Waals surface area contributed by atoms with E-state index in [-0.39, 0.29) is 6.54 Å². The Balaban J connectivity index is 2.06. The van der Waals surface area contributed by atoms with Gasteiger partial charge >= 0.3 is 6.18 Å². The zero-order chi connectivity index (χ0) is 16.2. The lowest BCUT2D eigenvalue weighted by Crippen LogP contribution is -2.33. The zero-order valence-corrected chi connectivity index (χ0v) is 11.6. The van der Waals surface area contributed by atoms with Gasteiger partial charge in [-0.05, 0) is 23.3 Å². The molecule has 0 saturated carbocycles. The van der Waals surface area contributed by atoms with Crippen LogP contribution in [0.15, 0.2) is 54.6 Å². The Kier molecular flexibility index (Phi) is 4.82. The van der Waals surface area contributed by atoms with Gasteiger partial charge in [-0.1, -0.05) is 42.5 Å². The SMILES string of the molecule is NC(=O)C(NCc1ccc(C(F)(F)F)cc1)c1ccccc1. The minimum absolute atomic E-state index is 0.237. The fourth-order valence-corrected chi connectivity index (χ4v) is 2.06. The van der Waals surface area contributed by atoms with E-state index in [0.717, 1.165) is 12.1 Å². The van der Waals surface area contributed by atoms with Gasteiger partial charge < -0.3 is 5.73 Å². The van der Waals surface area contributed by atoms with Crippen molar-refractivity contribution in [2.24, 2.45) is 5.73 Å². The Morgan fingerprint density at radius 3 is 2.14 bits per heavy atom. The molecule has 0 aliphatic rings. The number of alkyl halides is 3. The zero-order valence-electron chi connectivity index (χ0n) is 11.6. The molecule has 0 radical (unpaired) electrons. The van der Waals surface area contributed by atoms with Gasteiger partial charge in [-0.2, -0.15) is 13.2 Å². The third-order valence-electron chi connectivity index (χ3n) is 3.21. The maximum absolute atomic E-state index is 12.5. The number of nitrogens with one attached hydrogen (secondary N) is 1. The fourth-order valence-electron chi connectivity index (χ4n) is 2.06. The van der Waals surface area contributed by atoms with Gasteiger partial charge in [0.1, 0.15) is 6.04 Å². The summed E-state index contributed by atoms with van der Waals surface area (Å²) in [5, 5.41) is 2.95. The standard InChI is InChI=1S/C16H15F3N2O/c17-16(18,19)13-8-6-11(7-9-13)10-21-14(15(20)22)12-4-2-1-3-5-12/h1-9,14,21H,10H2,(H2,20,22). The molecule has 0 aliphatic heterocycles. The summed E-state index contributed by atoms with van der Waals surface area (Å²) in [6.45, 7) is 0.237. The van der Waals surface area contributed by atoms with Gasteiger partial charge in [0.2, 0.25) is 5.91 Å². The third-order valence-corrected chi connectivity index (χ3v) is 3.21. The number of primary amides is 1. The monoisotopic (exact) mass is 308 g/mol. The molecule has 0 aromatic heterocycles. The Bertz CT molecular complexity index is 624. The molecule has 22 heavy (non-hydrogen) atoms. The number of hydrogen-bond acceptors (Lipinski definition) is 2. The molecule has 0 saturated heterocycles. The molecule has 0 spiro atoms. The Morgan fingerprint density at radius 1 is 1.05 bits per heavy atom. The van der Waals surface area contributed by atoms with E-state index < -0.39 is 23.7 Å². The maximum atomic E-state index is 12.5. The van der Waals surface area contributed by atoms with Crippen LogP contribution in [0.25, 0.3) is 0 Å². The van der Waals surface area contributed by atoms with E-state index >= 15 is 0 Å². The van der Waals surface area contributed by atoms with Gasteiger partial charge in [-0.15, -0.1) is 0 Å². The van der Waals surface area contributed by atoms with Crippen LogP contribution in [0.2, 0.25) is 0 Å². The van der Waals surface area contributed by atoms with Crippen molar-refractivity contribution in [2.45, 2.75) is 18.8 Å². The number of carbonyl (C=O) groups is 1. The first-order valence-electron chi connectivity index (χ1n) is 6.61. The number of carbonyl (C=O) groups excluding carboxylic acids is 1. The molecule has 0 heterocycles. The summed E-state index contributed by atoms with van der Waals surface area (Å²) in [6.07, 6.45) is -4.36. The Hall–Kier alpha value is -2.34. The molecular formula is C16H15F3N2O. The van der Waals surface area contributed by atoms with Crippen LogP contribution in [0.3, 0.4) is 0 Å². The lowest BCUT2D eigenvalue weighted by atomic mass is 10.1. The van der Waals surface area contributed by atoms with E-state index in [1.807, 2.05) is 6.07 Å². The van der Waals surface area contributed by atoms with Crippen LogP contribution in [0.4, 0.5) is 13.2 Å². The maximum Gasteiger partial charge on any atom is 0.416 e. The van der Waals surface area contributed by atoms with Crippen LogP contribution in [-0.2, 0) is 17.5 Å². The van der Waals surface area contributed by atoms with Crippen molar-refractivity contribution in [2.75, 3.05) is 0 Å². The number of amides is 1. The van der Waals surface area contributed by atoms with Gasteiger partial charge in [-0.3, -0.25) is 10.1 Å². The largest absolute Gasteiger partial charge is 0.416 e. The second-order valence-electron chi connectivity index (χ2n) is 4.82. The first kappa shape index (κ1) is 16.0. The minimum atomic E-state index is -4.36. The molecule has 1 atom stereocenters. The molecule has 0 fully saturated rings. The predicted molar refractivity (Wildman–Crippen MR) is 76.7 cm³/mol. The third kappa shape index (κ3) is 4.08. The number of rotatable bonds is 5. The summed E-state index contributed by atoms with van der Waals surface area (Å²) in [6, 6.07) is 13.0. The molecule has 2 aromatic carbocycles. The highest BCUT2D eigenvalue weighted by Crippen LogP contribution is 2.29. The van der Waals surface area contributed by atoms with E-state index in [1.54, 1.807) is 24.3 Å². The van der Waals surface area contributed by atoms with Crippen molar-refractivity contribution >= 4 is 5.91 Å². The summed E-state index contributed by atoms with van der Waals surface area (Å²) in [4.78, 5) is 11.5. The van der Waals surface area contributed by atoms with Gasteiger partial charge in [0, 0.05) is 6.54 Å². The number of halogens is 3.